The third-order valence-electron chi connectivity index (χ3n) is 2.99. The van der Waals surface area contributed by atoms with Gasteiger partial charge in [0.25, 0.3) is 0 Å². The minimum atomic E-state index is -0.281. The van der Waals surface area contributed by atoms with E-state index in [1.807, 2.05) is 38.1 Å². The summed E-state index contributed by atoms with van der Waals surface area (Å²) in [5.74, 6) is 0. The normalized spacial score (nSPS) is 15.2. The molecule has 1 aromatic carbocycles. The van der Waals surface area contributed by atoms with Gasteiger partial charge < -0.3 is 10.0 Å². The van der Waals surface area contributed by atoms with E-state index in [0.29, 0.717) is 10.0 Å². The molecule has 1 atom stereocenters. The summed E-state index contributed by atoms with van der Waals surface area (Å²) in [7, 11) is 3.90. The standard InChI is InChI=1S/C12H17Cl2NO/c1-12(8-16,15(2)3)7-9-4-5-10(13)11(14)6-9/h4-6,16H,7-8H2,1-3H3/t12-/m0/s1. The van der Waals surface area contributed by atoms with Crippen LogP contribution in [0.2, 0.25) is 10.0 Å². The van der Waals surface area contributed by atoms with Crippen molar-refractivity contribution in [1.29, 1.82) is 0 Å². The maximum Gasteiger partial charge on any atom is 0.0615 e. The van der Waals surface area contributed by atoms with Crippen molar-refractivity contribution in [1.82, 2.24) is 4.90 Å². The Morgan fingerprint density at radius 2 is 1.88 bits per heavy atom. The van der Waals surface area contributed by atoms with Gasteiger partial charge in [0.1, 0.15) is 0 Å². The fraction of sp³-hybridized carbons (Fsp3) is 0.500. The molecule has 0 unspecified atom stereocenters. The number of benzene rings is 1. The smallest absolute Gasteiger partial charge is 0.0615 e. The largest absolute Gasteiger partial charge is 0.394 e. The Kier molecular flexibility index (Phi) is 4.62. The molecule has 1 N–H and O–H groups in total. The minimum absolute atomic E-state index is 0.0975. The van der Waals surface area contributed by atoms with Crippen molar-refractivity contribution in [3.63, 3.8) is 0 Å². The Morgan fingerprint density at radius 3 is 2.31 bits per heavy atom. The zero-order chi connectivity index (χ0) is 12.3. The minimum Gasteiger partial charge on any atom is -0.394 e. The van der Waals surface area contributed by atoms with Crippen LogP contribution in [0.4, 0.5) is 0 Å². The van der Waals surface area contributed by atoms with Gasteiger partial charge in [0.05, 0.1) is 16.7 Å². The van der Waals surface area contributed by atoms with Gasteiger partial charge >= 0.3 is 0 Å². The summed E-state index contributed by atoms with van der Waals surface area (Å²) in [4.78, 5) is 2.01. The average Bonchev–Trinajstić information content (AvgIpc) is 2.23. The lowest BCUT2D eigenvalue weighted by Gasteiger charge is -2.34. The van der Waals surface area contributed by atoms with Gasteiger partial charge in [-0.3, -0.25) is 0 Å². The molecular weight excluding hydrogens is 245 g/mol. The van der Waals surface area contributed by atoms with E-state index in [1.165, 1.54) is 0 Å². The van der Waals surface area contributed by atoms with Gasteiger partial charge in [-0.25, -0.2) is 0 Å². The topological polar surface area (TPSA) is 23.5 Å². The number of likely N-dealkylation sites (N-methyl/N-ethyl adjacent to an activating group) is 1. The van der Waals surface area contributed by atoms with Crippen LogP contribution in [-0.2, 0) is 6.42 Å². The molecule has 0 fully saturated rings. The van der Waals surface area contributed by atoms with Crippen LogP contribution in [-0.4, -0.2) is 36.2 Å². The number of nitrogens with zero attached hydrogens (tertiary/aromatic N) is 1. The van der Waals surface area contributed by atoms with Gasteiger partial charge in [-0.05, 0) is 45.1 Å². The summed E-state index contributed by atoms with van der Waals surface area (Å²) in [6.07, 6.45) is 0.730. The molecule has 16 heavy (non-hydrogen) atoms. The highest BCUT2D eigenvalue weighted by molar-refractivity contribution is 6.42. The first-order valence-corrected chi connectivity index (χ1v) is 5.87. The first-order chi connectivity index (χ1) is 7.39. The van der Waals surface area contributed by atoms with Crippen LogP contribution < -0.4 is 0 Å². The predicted octanol–water partition coefficient (Wildman–Crippen LogP) is 2.85. The second-order valence-electron chi connectivity index (χ2n) is 4.47. The Morgan fingerprint density at radius 1 is 1.25 bits per heavy atom. The van der Waals surface area contributed by atoms with Crippen LogP contribution in [0.15, 0.2) is 18.2 Å². The highest BCUT2D eigenvalue weighted by atomic mass is 35.5. The molecule has 0 aromatic heterocycles. The van der Waals surface area contributed by atoms with E-state index in [4.69, 9.17) is 23.2 Å². The van der Waals surface area contributed by atoms with Gasteiger partial charge in [-0.15, -0.1) is 0 Å². The van der Waals surface area contributed by atoms with Crippen LogP contribution in [0.25, 0.3) is 0 Å². The lowest BCUT2D eigenvalue weighted by atomic mass is 9.92. The SMILES string of the molecule is CN(C)[C@](C)(CO)Cc1ccc(Cl)c(Cl)c1. The molecule has 4 heteroatoms. The van der Waals surface area contributed by atoms with Gasteiger partial charge in [0.2, 0.25) is 0 Å². The summed E-state index contributed by atoms with van der Waals surface area (Å²) >= 11 is 11.8. The maximum atomic E-state index is 9.44. The molecule has 2 nitrogen and oxygen atoms in total. The molecule has 90 valence electrons. The highest BCUT2D eigenvalue weighted by Crippen LogP contribution is 2.25. The van der Waals surface area contributed by atoms with E-state index in [1.54, 1.807) is 6.07 Å². The van der Waals surface area contributed by atoms with Crippen molar-refractivity contribution in [3.05, 3.63) is 33.8 Å². The van der Waals surface area contributed by atoms with Crippen LogP contribution in [0.5, 0.6) is 0 Å². The summed E-state index contributed by atoms with van der Waals surface area (Å²) in [5.41, 5.74) is 0.789. The number of hydrogen-bond acceptors (Lipinski definition) is 2. The molecular formula is C12H17Cl2NO. The van der Waals surface area contributed by atoms with Crippen molar-refractivity contribution >= 4 is 23.2 Å². The molecule has 0 amide bonds. The van der Waals surface area contributed by atoms with Crippen molar-refractivity contribution in [2.24, 2.45) is 0 Å². The van der Waals surface area contributed by atoms with E-state index in [0.717, 1.165) is 12.0 Å². The van der Waals surface area contributed by atoms with Crippen LogP contribution in [0, 0.1) is 0 Å². The second-order valence-corrected chi connectivity index (χ2v) is 5.29. The Hall–Kier alpha value is -0.280. The average molecular weight is 262 g/mol. The Balaban J connectivity index is 2.90. The van der Waals surface area contributed by atoms with Gasteiger partial charge in [-0.2, -0.15) is 0 Å². The number of hydrogen-bond donors (Lipinski definition) is 1. The molecule has 0 aliphatic rings. The van der Waals surface area contributed by atoms with E-state index in [-0.39, 0.29) is 12.1 Å². The van der Waals surface area contributed by atoms with Crippen molar-refractivity contribution in [2.45, 2.75) is 18.9 Å². The lowest BCUT2D eigenvalue weighted by Crippen LogP contribution is -2.46. The molecule has 0 saturated carbocycles. The van der Waals surface area contributed by atoms with Crippen molar-refractivity contribution in [2.75, 3.05) is 20.7 Å². The third-order valence-corrected chi connectivity index (χ3v) is 3.73. The molecule has 0 bridgehead atoms. The van der Waals surface area contributed by atoms with E-state index in [9.17, 15) is 5.11 Å². The monoisotopic (exact) mass is 261 g/mol. The fourth-order valence-corrected chi connectivity index (χ4v) is 1.77. The molecule has 0 saturated heterocycles. The molecule has 0 aliphatic heterocycles. The first-order valence-electron chi connectivity index (χ1n) is 5.11. The molecule has 0 heterocycles. The van der Waals surface area contributed by atoms with Crippen LogP contribution in [0.1, 0.15) is 12.5 Å². The number of aliphatic hydroxyl groups is 1. The quantitative estimate of drug-likeness (QED) is 0.901. The highest BCUT2D eigenvalue weighted by Gasteiger charge is 2.26. The molecule has 0 spiro atoms. The molecule has 0 radical (unpaired) electrons. The van der Waals surface area contributed by atoms with E-state index in [2.05, 4.69) is 0 Å². The number of halogens is 2. The fourth-order valence-electron chi connectivity index (χ4n) is 1.44. The second kappa shape index (κ2) is 5.37. The summed E-state index contributed by atoms with van der Waals surface area (Å²) in [6, 6.07) is 5.57. The zero-order valence-electron chi connectivity index (χ0n) is 9.80. The van der Waals surface area contributed by atoms with Crippen LogP contribution in [0.3, 0.4) is 0 Å². The van der Waals surface area contributed by atoms with Crippen LogP contribution >= 0.6 is 23.2 Å². The molecule has 1 aromatic rings. The van der Waals surface area contributed by atoms with E-state index < -0.39 is 0 Å². The van der Waals surface area contributed by atoms with Gasteiger partial charge in [0, 0.05) is 5.54 Å². The third kappa shape index (κ3) is 3.11. The number of aliphatic hydroxyl groups excluding tert-OH is 1. The van der Waals surface area contributed by atoms with E-state index >= 15 is 0 Å². The lowest BCUT2D eigenvalue weighted by molar-refractivity contribution is 0.0842. The predicted molar refractivity (Wildman–Crippen MR) is 69.3 cm³/mol. The molecule has 1 rings (SSSR count). The van der Waals surface area contributed by atoms with Gasteiger partial charge in [0.15, 0.2) is 0 Å². The first kappa shape index (κ1) is 13.8. The Bertz CT molecular complexity index is 368. The van der Waals surface area contributed by atoms with Gasteiger partial charge in [-0.1, -0.05) is 29.3 Å². The number of rotatable bonds is 4. The zero-order valence-corrected chi connectivity index (χ0v) is 11.3. The van der Waals surface area contributed by atoms with Crippen molar-refractivity contribution in [3.8, 4) is 0 Å². The molecule has 0 aliphatic carbocycles. The Labute approximate surface area is 107 Å². The summed E-state index contributed by atoms with van der Waals surface area (Å²) in [5, 5.41) is 10.6. The summed E-state index contributed by atoms with van der Waals surface area (Å²) < 4.78 is 0. The summed E-state index contributed by atoms with van der Waals surface area (Å²) in [6.45, 7) is 2.11. The van der Waals surface area contributed by atoms with Crippen molar-refractivity contribution < 1.29 is 5.11 Å². The maximum absolute atomic E-state index is 9.44.